The lowest BCUT2D eigenvalue weighted by atomic mass is 9.66. The molecule has 1 aliphatic heterocycles. The van der Waals surface area contributed by atoms with Crippen molar-refractivity contribution in [1.29, 1.82) is 0 Å². The lowest BCUT2D eigenvalue weighted by Crippen LogP contribution is -2.47. The van der Waals surface area contributed by atoms with Crippen LogP contribution in [0.1, 0.15) is 40.5 Å². The fourth-order valence-electron chi connectivity index (χ4n) is 3.26. The summed E-state index contributed by atoms with van der Waals surface area (Å²) >= 11 is 0. The van der Waals surface area contributed by atoms with Crippen LogP contribution in [0.3, 0.4) is 0 Å². The minimum Gasteiger partial charge on any atom is -0.468 e. The Morgan fingerprint density at radius 1 is 1.36 bits per heavy atom. The van der Waals surface area contributed by atoms with E-state index in [1.165, 1.54) is 7.11 Å². The smallest absolute Gasteiger partial charge is 0.334 e. The van der Waals surface area contributed by atoms with Crippen LogP contribution in [0.5, 0.6) is 0 Å². The zero-order chi connectivity index (χ0) is 16.5. The molecule has 0 aromatic heterocycles. The van der Waals surface area contributed by atoms with Crippen molar-refractivity contribution in [3.8, 4) is 0 Å². The van der Waals surface area contributed by atoms with E-state index in [2.05, 4.69) is 5.48 Å². The van der Waals surface area contributed by atoms with Crippen molar-refractivity contribution in [2.45, 2.75) is 40.5 Å². The van der Waals surface area contributed by atoms with Crippen molar-refractivity contribution in [3.05, 3.63) is 23.1 Å². The van der Waals surface area contributed by atoms with Gasteiger partial charge in [0.05, 0.1) is 19.4 Å². The van der Waals surface area contributed by atoms with E-state index in [0.717, 1.165) is 6.42 Å². The molecule has 1 heterocycles. The third kappa shape index (κ3) is 2.05. The molecule has 0 amide bonds. The van der Waals surface area contributed by atoms with Crippen LogP contribution in [0.25, 0.3) is 0 Å². The monoisotopic (exact) mass is 309 g/mol. The first kappa shape index (κ1) is 16.5. The quantitative estimate of drug-likeness (QED) is 0.461. The highest BCUT2D eigenvalue weighted by molar-refractivity contribution is 6.09. The summed E-state index contributed by atoms with van der Waals surface area (Å²) in [6.07, 6.45) is 3.21. The molecule has 0 radical (unpaired) electrons. The Bertz CT molecular complexity index is 561. The molecule has 0 saturated heterocycles. The molecule has 0 unspecified atom stereocenters. The maximum absolute atomic E-state index is 12.6. The van der Waals surface area contributed by atoms with Gasteiger partial charge in [0.2, 0.25) is 5.41 Å². The average molecular weight is 309 g/mol. The second-order valence-corrected chi connectivity index (χ2v) is 5.99. The van der Waals surface area contributed by atoms with E-state index in [1.807, 2.05) is 33.8 Å². The third-order valence-corrected chi connectivity index (χ3v) is 4.21. The summed E-state index contributed by atoms with van der Waals surface area (Å²) in [6.45, 7) is 7.92. The topological polar surface area (TPSA) is 73.9 Å². The number of methoxy groups -OCH3 is 1. The van der Waals surface area contributed by atoms with Crippen LogP contribution < -0.4 is 5.48 Å². The van der Waals surface area contributed by atoms with Gasteiger partial charge >= 0.3 is 11.9 Å². The Balaban J connectivity index is 2.62. The molecule has 1 N–H and O–H groups in total. The van der Waals surface area contributed by atoms with Crippen LogP contribution in [-0.4, -0.2) is 25.7 Å². The molecular formula is C16H23NO5. The summed E-state index contributed by atoms with van der Waals surface area (Å²) < 4.78 is 10.4. The fourth-order valence-corrected chi connectivity index (χ4v) is 3.26. The Hall–Kier alpha value is -1.82. The molecule has 0 spiro atoms. The van der Waals surface area contributed by atoms with E-state index in [-0.39, 0.29) is 0 Å². The number of hydrogen-bond acceptors (Lipinski definition) is 6. The van der Waals surface area contributed by atoms with E-state index < -0.39 is 22.8 Å². The molecule has 6 nitrogen and oxygen atoms in total. The van der Waals surface area contributed by atoms with Crippen LogP contribution in [0.15, 0.2) is 23.1 Å². The minimum absolute atomic E-state index is 0.453. The number of carbonyl (C=O) groups excluding carboxylic acids is 2. The number of ether oxygens (including phenoxy) is 2. The van der Waals surface area contributed by atoms with Crippen molar-refractivity contribution in [1.82, 2.24) is 5.48 Å². The van der Waals surface area contributed by atoms with Crippen LogP contribution in [0.4, 0.5) is 0 Å². The van der Waals surface area contributed by atoms with Gasteiger partial charge < -0.3 is 9.47 Å². The van der Waals surface area contributed by atoms with Gasteiger partial charge in [0.25, 0.3) is 0 Å². The fraction of sp³-hybridized carbons (Fsp3) is 0.625. The van der Waals surface area contributed by atoms with Crippen LogP contribution in [-0.2, 0) is 23.9 Å². The molecule has 6 heteroatoms. The SMILES string of the molecule is CCCC1=C2C(NOCC)=CC(C)(C)[C@@]2(C(=O)OC)C(=O)O1. The molecule has 0 bridgehead atoms. The van der Waals surface area contributed by atoms with Gasteiger partial charge in [-0.15, -0.1) is 0 Å². The molecule has 122 valence electrons. The van der Waals surface area contributed by atoms with Crippen LogP contribution in [0, 0.1) is 10.8 Å². The lowest BCUT2D eigenvalue weighted by molar-refractivity contribution is -0.167. The number of carbonyl (C=O) groups is 2. The number of esters is 2. The number of hydrogen-bond donors (Lipinski definition) is 1. The first-order valence-electron chi connectivity index (χ1n) is 7.52. The summed E-state index contributed by atoms with van der Waals surface area (Å²) in [6, 6.07) is 0. The molecule has 1 aliphatic carbocycles. The van der Waals surface area contributed by atoms with Gasteiger partial charge in [0, 0.05) is 17.4 Å². The highest BCUT2D eigenvalue weighted by Crippen LogP contribution is 2.60. The molecule has 0 saturated carbocycles. The first-order valence-corrected chi connectivity index (χ1v) is 7.52. The highest BCUT2D eigenvalue weighted by Gasteiger charge is 2.69. The van der Waals surface area contributed by atoms with E-state index in [0.29, 0.717) is 30.1 Å². The van der Waals surface area contributed by atoms with Crippen molar-refractivity contribution in [2.75, 3.05) is 13.7 Å². The predicted octanol–water partition coefficient (Wildman–Crippen LogP) is 2.22. The molecule has 22 heavy (non-hydrogen) atoms. The number of nitrogens with one attached hydrogen (secondary N) is 1. The van der Waals surface area contributed by atoms with Crippen LogP contribution >= 0.6 is 0 Å². The molecule has 2 aliphatic rings. The van der Waals surface area contributed by atoms with Gasteiger partial charge in [-0.2, -0.15) is 0 Å². The largest absolute Gasteiger partial charge is 0.468 e. The van der Waals surface area contributed by atoms with Gasteiger partial charge in [0.1, 0.15) is 5.76 Å². The van der Waals surface area contributed by atoms with Gasteiger partial charge in [-0.3, -0.25) is 19.9 Å². The van der Waals surface area contributed by atoms with E-state index in [4.69, 9.17) is 14.3 Å². The average Bonchev–Trinajstić information content (AvgIpc) is 2.89. The number of rotatable bonds is 6. The second-order valence-electron chi connectivity index (χ2n) is 5.99. The number of hydroxylamine groups is 1. The van der Waals surface area contributed by atoms with Crippen molar-refractivity contribution in [2.24, 2.45) is 10.8 Å². The zero-order valence-corrected chi connectivity index (χ0v) is 13.7. The Morgan fingerprint density at radius 2 is 2.05 bits per heavy atom. The minimum atomic E-state index is -1.47. The van der Waals surface area contributed by atoms with Crippen molar-refractivity contribution in [3.63, 3.8) is 0 Å². The van der Waals surface area contributed by atoms with Gasteiger partial charge in [-0.25, -0.2) is 0 Å². The molecule has 1 atom stereocenters. The summed E-state index contributed by atoms with van der Waals surface area (Å²) in [7, 11) is 1.28. The van der Waals surface area contributed by atoms with Crippen molar-refractivity contribution < 1.29 is 23.9 Å². The molecule has 2 rings (SSSR count). The summed E-state index contributed by atoms with van der Waals surface area (Å²) in [4.78, 5) is 30.5. The summed E-state index contributed by atoms with van der Waals surface area (Å²) in [5.74, 6) is -0.664. The van der Waals surface area contributed by atoms with E-state index in [1.54, 1.807) is 0 Å². The molecular weight excluding hydrogens is 286 g/mol. The molecule has 0 aromatic rings. The number of fused-ring (bicyclic) bond motifs is 1. The predicted molar refractivity (Wildman–Crippen MR) is 79.1 cm³/mol. The van der Waals surface area contributed by atoms with E-state index in [9.17, 15) is 9.59 Å². The van der Waals surface area contributed by atoms with Crippen LogP contribution in [0.2, 0.25) is 0 Å². The Morgan fingerprint density at radius 3 is 2.59 bits per heavy atom. The maximum atomic E-state index is 12.6. The van der Waals surface area contributed by atoms with Crippen molar-refractivity contribution >= 4 is 11.9 Å². The number of allylic oxidation sites excluding steroid dienone is 3. The lowest BCUT2D eigenvalue weighted by Gasteiger charge is -2.32. The summed E-state index contributed by atoms with van der Waals surface area (Å²) in [5.41, 5.74) is 1.74. The Labute approximate surface area is 130 Å². The van der Waals surface area contributed by atoms with E-state index >= 15 is 0 Å². The maximum Gasteiger partial charge on any atom is 0.334 e. The molecule has 0 aromatic carbocycles. The molecule has 0 fully saturated rings. The van der Waals surface area contributed by atoms with Gasteiger partial charge in [-0.05, 0) is 13.3 Å². The number of cyclic esters (lactones) is 1. The Kier molecular flexibility index (Phi) is 4.33. The summed E-state index contributed by atoms with van der Waals surface area (Å²) in [5, 5.41) is 0. The highest BCUT2D eigenvalue weighted by atomic mass is 16.6. The zero-order valence-electron chi connectivity index (χ0n) is 13.7. The third-order valence-electron chi connectivity index (χ3n) is 4.21. The normalized spacial score (nSPS) is 25.7. The standard InChI is InChI=1S/C16H23NO5/c1-6-8-11-12-10(17-21-7-2)9-15(3,4)16(12,13(18)20-5)14(19)22-11/h9,17H,6-8H2,1-5H3/t16-/m0/s1. The van der Waals surface area contributed by atoms with Gasteiger partial charge in [0.15, 0.2) is 0 Å². The first-order chi connectivity index (χ1) is 10.4. The second kappa shape index (κ2) is 5.76. The van der Waals surface area contributed by atoms with Gasteiger partial charge in [-0.1, -0.05) is 26.8 Å².